The summed E-state index contributed by atoms with van der Waals surface area (Å²) in [6.45, 7) is 1.80. The van der Waals surface area contributed by atoms with E-state index in [4.69, 9.17) is 5.84 Å². The molecule has 0 fully saturated rings. The highest BCUT2D eigenvalue weighted by Gasteiger charge is 2.04. The zero-order valence-corrected chi connectivity index (χ0v) is 9.24. The van der Waals surface area contributed by atoms with Gasteiger partial charge in [-0.2, -0.15) is 4.98 Å². The minimum Gasteiger partial charge on any atom is -0.338 e. The Bertz CT molecular complexity index is 529. The molecule has 1 heterocycles. The highest BCUT2D eigenvalue weighted by Crippen LogP contribution is 2.19. The van der Waals surface area contributed by atoms with Gasteiger partial charge in [-0.05, 0) is 19.1 Å². The molecule has 0 radical (unpaired) electrons. The van der Waals surface area contributed by atoms with Crippen LogP contribution >= 0.6 is 0 Å². The Morgan fingerprint density at radius 3 is 2.71 bits per heavy atom. The first-order valence-corrected chi connectivity index (χ1v) is 5.03. The van der Waals surface area contributed by atoms with Gasteiger partial charge in [0, 0.05) is 11.8 Å². The standard InChI is InChI=1S/C11H12FN5/c1-7-6-10(16-11(14-7)17-13)15-9-5-3-2-4-8(9)12/h2-6H,13H2,1H3,(H2,14,15,16,17). The summed E-state index contributed by atoms with van der Waals surface area (Å²) in [4.78, 5) is 8.10. The Hall–Kier alpha value is -2.21. The van der Waals surface area contributed by atoms with Crippen LogP contribution in [0.4, 0.5) is 21.8 Å². The third-order valence-electron chi connectivity index (χ3n) is 2.12. The van der Waals surface area contributed by atoms with Gasteiger partial charge in [-0.1, -0.05) is 12.1 Å². The highest BCUT2D eigenvalue weighted by molar-refractivity contribution is 5.57. The molecule has 0 unspecified atom stereocenters. The van der Waals surface area contributed by atoms with E-state index in [9.17, 15) is 4.39 Å². The zero-order valence-electron chi connectivity index (χ0n) is 9.24. The number of halogens is 1. The van der Waals surface area contributed by atoms with Crippen LogP contribution in [0.15, 0.2) is 30.3 Å². The molecule has 0 amide bonds. The first-order valence-electron chi connectivity index (χ1n) is 5.03. The van der Waals surface area contributed by atoms with E-state index in [1.54, 1.807) is 31.2 Å². The van der Waals surface area contributed by atoms with Crippen molar-refractivity contribution in [1.29, 1.82) is 0 Å². The van der Waals surface area contributed by atoms with Gasteiger partial charge in [-0.15, -0.1) is 0 Å². The van der Waals surface area contributed by atoms with Crippen LogP contribution in [0.5, 0.6) is 0 Å². The lowest BCUT2D eigenvalue weighted by atomic mass is 10.3. The number of nitrogens with two attached hydrogens (primary N) is 1. The Morgan fingerprint density at radius 1 is 1.24 bits per heavy atom. The van der Waals surface area contributed by atoms with Gasteiger partial charge < -0.3 is 5.32 Å². The van der Waals surface area contributed by atoms with Crippen LogP contribution in [0.3, 0.4) is 0 Å². The number of nitrogen functional groups attached to an aromatic ring is 1. The lowest BCUT2D eigenvalue weighted by Crippen LogP contribution is -2.12. The molecule has 5 nitrogen and oxygen atoms in total. The van der Waals surface area contributed by atoms with Crippen LogP contribution in [-0.2, 0) is 0 Å². The van der Waals surface area contributed by atoms with Gasteiger partial charge >= 0.3 is 0 Å². The summed E-state index contributed by atoms with van der Waals surface area (Å²) < 4.78 is 13.4. The molecule has 1 aromatic heterocycles. The van der Waals surface area contributed by atoms with Gasteiger partial charge in [0.05, 0.1) is 5.69 Å². The molecule has 6 heteroatoms. The molecule has 0 aliphatic rings. The number of anilines is 3. The number of hydrogen-bond donors (Lipinski definition) is 3. The molecule has 1 aromatic carbocycles. The van der Waals surface area contributed by atoms with Gasteiger partial charge in [0.15, 0.2) is 0 Å². The molecule has 0 bridgehead atoms. The number of aryl methyl sites for hydroxylation is 1. The van der Waals surface area contributed by atoms with Gasteiger partial charge in [-0.3, -0.25) is 5.43 Å². The average Bonchev–Trinajstić information content (AvgIpc) is 2.31. The van der Waals surface area contributed by atoms with Gasteiger partial charge in [0.2, 0.25) is 5.95 Å². The largest absolute Gasteiger partial charge is 0.338 e. The summed E-state index contributed by atoms with van der Waals surface area (Å²) in [5, 5.41) is 2.87. The molecule has 0 atom stereocenters. The molecule has 2 rings (SSSR count). The first kappa shape index (κ1) is 11.3. The predicted molar refractivity (Wildman–Crippen MR) is 64.3 cm³/mol. The number of hydrazine groups is 1. The molecule has 0 aliphatic carbocycles. The van der Waals surface area contributed by atoms with E-state index >= 15 is 0 Å². The molecule has 17 heavy (non-hydrogen) atoms. The smallest absolute Gasteiger partial charge is 0.239 e. The third-order valence-corrected chi connectivity index (χ3v) is 2.12. The normalized spacial score (nSPS) is 10.1. The zero-order chi connectivity index (χ0) is 12.3. The maximum atomic E-state index is 13.4. The van der Waals surface area contributed by atoms with Crippen molar-refractivity contribution in [3.05, 3.63) is 41.8 Å². The summed E-state index contributed by atoms with van der Waals surface area (Å²) in [5.74, 6) is 5.66. The van der Waals surface area contributed by atoms with Crippen molar-refractivity contribution < 1.29 is 4.39 Å². The second kappa shape index (κ2) is 4.75. The Kier molecular flexibility index (Phi) is 3.15. The molecular formula is C11H12FN5. The first-order chi connectivity index (χ1) is 8.19. The molecule has 0 spiro atoms. The number of hydrogen-bond acceptors (Lipinski definition) is 5. The summed E-state index contributed by atoms with van der Waals surface area (Å²) >= 11 is 0. The summed E-state index contributed by atoms with van der Waals surface area (Å²) in [5.41, 5.74) is 3.44. The number of nitrogens with one attached hydrogen (secondary N) is 2. The second-order valence-corrected chi connectivity index (χ2v) is 3.47. The maximum Gasteiger partial charge on any atom is 0.239 e. The minimum atomic E-state index is -0.342. The van der Waals surface area contributed by atoms with E-state index in [2.05, 4.69) is 20.7 Å². The van der Waals surface area contributed by atoms with Gasteiger partial charge in [-0.25, -0.2) is 15.2 Å². The van der Waals surface area contributed by atoms with Crippen molar-refractivity contribution in [2.75, 3.05) is 10.7 Å². The summed E-state index contributed by atoms with van der Waals surface area (Å²) in [6.07, 6.45) is 0. The monoisotopic (exact) mass is 233 g/mol. The van der Waals surface area contributed by atoms with Crippen LogP contribution in [0.2, 0.25) is 0 Å². The van der Waals surface area contributed by atoms with Crippen LogP contribution in [0, 0.1) is 12.7 Å². The van der Waals surface area contributed by atoms with Gasteiger partial charge in [0.1, 0.15) is 11.6 Å². The van der Waals surface area contributed by atoms with Crippen molar-refractivity contribution in [3.8, 4) is 0 Å². The van der Waals surface area contributed by atoms with E-state index in [0.717, 1.165) is 5.69 Å². The van der Waals surface area contributed by atoms with Crippen LogP contribution in [0.1, 0.15) is 5.69 Å². The highest BCUT2D eigenvalue weighted by atomic mass is 19.1. The molecular weight excluding hydrogens is 221 g/mol. The van der Waals surface area contributed by atoms with E-state index in [0.29, 0.717) is 11.5 Å². The maximum absolute atomic E-state index is 13.4. The van der Waals surface area contributed by atoms with Crippen LogP contribution < -0.4 is 16.6 Å². The SMILES string of the molecule is Cc1cc(Nc2ccccc2F)nc(NN)n1. The van der Waals surface area contributed by atoms with E-state index in [-0.39, 0.29) is 11.8 Å². The van der Waals surface area contributed by atoms with E-state index in [1.807, 2.05) is 0 Å². The fourth-order valence-corrected chi connectivity index (χ4v) is 1.40. The summed E-state index contributed by atoms with van der Waals surface area (Å²) in [6, 6.07) is 8.06. The second-order valence-electron chi connectivity index (χ2n) is 3.47. The fourth-order valence-electron chi connectivity index (χ4n) is 1.40. The van der Waals surface area contributed by atoms with E-state index < -0.39 is 0 Å². The number of nitrogens with zero attached hydrogens (tertiary/aromatic N) is 2. The van der Waals surface area contributed by atoms with Gasteiger partial charge in [0.25, 0.3) is 0 Å². The molecule has 4 N–H and O–H groups in total. The summed E-state index contributed by atoms with van der Waals surface area (Å²) in [7, 11) is 0. The lowest BCUT2D eigenvalue weighted by molar-refractivity contribution is 0.632. The molecule has 88 valence electrons. The van der Waals surface area contributed by atoms with Crippen LogP contribution in [-0.4, -0.2) is 9.97 Å². The fraction of sp³-hybridized carbons (Fsp3) is 0.0909. The number of aromatic nitrogens is 2. The Labute approximate surface area is 97.9 Å². The Balaban J connectivity index is 2.30. The Morgan fingerprint density at radius 2 is 2.00 bits per heavy atom. The predicted octanol–water partition coefficient (Wildman–Crippen LogP) is 1.95. The minimum absolute atomic E-state index is 0.281. The number of para-hydroxylation sites is 1. The third kappa shape index (κ3) is 2.67. The molecule has 0 aliphatic heterocycles. The van der Waals surface area contributed by atoms with Crippen molar-refractivity contribution in [1.82, 2.24) is 9.97 Å². The van der Waals surface area contributed by atoms with Crippen molar-refractivity contribution in [2.24, 2.45) is 5.84 Å². The number of rotatable bonds is 3. The van der Waals surface area contributed by atoms with Crippen molar-refractivity contribution >= 4 is 17.5 Å². The number of benzene rings is 1. The average molecular weight is 233 g/mol. The van der Waals surface area contributed by atoms with Crippen LogP contribution in [0.25, 0.3) is 0 Å². The molecule has 0 saturated heterocycles. The van der Waals surface area contributed by atoms with E-state index in [1.165, 1.54) is 6.07 Å². The van der Waals surface area contributed by atoms with Crippen molar-refractivity contribution in [3.63, 3.8) is 0 Å². The molecule has 2 aromatic rings. The quantitative estimate of drug-likeness (QED) is 0.558. The topological polar surface area (TPSA) is 75.9 Å². The lowest BCUT2D eigenvalue weighted by Gasteiger charge is -2.08. The molecule has 0 saturated carbocycles. The van der Waals surface area contributed by atoms with Crippen molar-refractivity contribution in [2.45, 2.75) is 6.92 Å².